The summed E-state index contributed by atoms with van der Waals surface area (Å²) in [5.41, 5.74) is 0. The molecule has 0 saturated carbocycles. The molecule has 22 heavy (non-hydrogen) atoms. The summed E-state index contributed by atoms with van der Waals surface area (Å²) in [6.45, 7) is -3.44. The van der Waals surface area contributed by atoms with Crippen LogP contribution in [0.15, 0.2) is 0 Å². The molecule has 0 radical (unpaired) electrons. The summed E-state index contributed by atoms with van der Waals surface area (Å²) in [4.78, 5) is 2.94. The molecule has 0 aromatic rings. The zero-order chi connectivity index (χ0) is 15.0. The van der Waals surface area contributed by atoms with E-state index in [2.05, 4.69) is 4.94 Å². The fraction of sp³-hybridized carbons (Fsp3) is 1.00. The van der Waals surface area contributed by atoms with E-state index in [9.17, 15) is 39.6 Å². The highest BCUT2D eigenvalue weighted by molar-refractivity contribution is 4.77. The second kappa shape index (κ2) is 15.2. The Morgan fingerprint density at radius 3 is 1.23 bits per heavy atom. The summed E-state index contributed by atoms with van der Waals surface area (Å²) in [7, 11) is 0. The van der Waals surface area contributed by atoms with Gasteiger partial charge in [0.2, 0.25) is 0 Å². The van der Waals surface area contributed by atoms with Crippen LogP contribution in [0.1, 0.15) is 29.7 Å². The van der Waals surface area contributed by atoms with E-state index in [1.807, 2.05) is 4.74 Å². The van der Waals surface area contributed by atoms with E-state index in [0.29, 0.717) is 0 Å². The molecule has 0 aliphatic carbocycles. The number of rotatable bonds is 4. The van der Waals surface area contributed by atoms with Gasteiger partial charge in [-0.2, -0.15) is 22.5 Å². The van der Waals surface area contributed by atoms with E-state index < -0.39 is 25.1 Å². The van der Waals surface area contributed by atoms with E-state index in [-0.39, 0.29) is 42.9 Å². The summed E-state index contributed by atoms with van der Waals surface area (Å²) in [5, 5.41) is 7.70. The van der Waals surface area contributed by atoms with Gasteiger partial charge >= 0.3 is 18.4 Å². The molecule has 0 rings (SSSR count). The summed E-state index contributed by atoms with van der Waals surface area (Å²) in [5.74, 6) is -5.33. The van der Waals surface area contributed by atoms with Gasteiger partial charge in [0, 0.05) is 0 Å². The first-order valence-electron chi connectivity index (χ1n) is 3.86. The standard InChI is InChI=1S/C4H2F8O.C2H5FO2.4CH4/c5-1-2(6,3(7,8)9)13-4(10,11)12;3-5-2-1-4;;;;/h1H2;4H,1-2H2;4*1H4. The number of aliphatic hydroxyl groups is 1. The third-order valence-electron chi connectivity index (χ3n) is 1.04. The molecule has 0 spiro atoms. The molecule has 12 heteroatoms. The minimum atomic E-state index is -6.07. The minimum absolute atomic E-state index is 0. The van der Waals surface area contributed by atoms with Gasteiger partial charge in [-0.3, -0.25) is 0 Å². The fourth-order valence-corrected chi connectivity index (χ4v) is 0.379. The van der Waals surface area contributed by atoms with Gasteiger partial charge in [-0.15, -0.1) is 13.2 Å². The van der Waals surface area contributed by atoms with Crippen LogP contribution >= 0.6 is 0 Å². The smallest absolute Gasteiger partial charge is 0.394 e. The maximum atomic E-state index is 12.1. The van der Waals surface area contributed by atoms with Crippen molar-refractivity contribution in [3.05, 3.63) is 0 Å². The van der Waals surface area contributed by atoms with Crippen molar-refractivity contribution in [2.75, 3.05) is 19.9 Å². The van der Waals surface area contributed by atoms with Crippen molar-refractivity contribution in [1.82, 2.24) is 0 Å². The summed E-state index contributed by atoms with van der Waals surface area (Å²) < 4.78 is 103. The lowest BCUT2D eigenvalue weighted by Gasteiger charge is -2.25. The Morgan fingerprint density at radius 2 is 1.18 bits per heavy atom. The quantitative estimate of drug-likeness (QED) is 0.704. The lowest BCUT2D eigenvalue weighted by molar-refractivity contribution is -0.449. The first-order valence-corrected chi connectivity index (χ1v) is 3.86. The molecule has 0 aliphatic rings. The molecule has 1 atom stereocenters. The molecule has 0 aromatic carbocycles. The summed E-state index contributed by atoms with van der Waals surface area (Å²) >= 11 is 0. The van der Waals surface area contributed by atoms with E-state index >= 15 is 0 Å². The molecule has 0 heterocycles. The Labute approximate surface area is 123 Å². The van der Waals surface area contributed by atoms with Gasteiger partial charge < -0.3 is 5.11 Å². The van der Waals surface area contributed by atoms with Gasteiger partial charge in [-0.05, 0) is 4.53 Å². The first kappa shape index (κ1) is 37.5. The fourth-order valence-electron chi connectivity index (χ4n) is 0.379. The minimum Gasteiger partial charge on any atom is -0.394 e. The van der Waals surface area contributed by atoms with Crippen molar-refractivity contribution in [1.29, 1.82) is 0 Å². The highest BCUT2D eigenvalue weighted by atomic mass is 19.4. The molecule has 0 amide bonds. The zero-order valence-electron chi connectivity index (χ0n) is 8.29. The Hall–Kier alpha value is -0.750. The highest BCUT2D eigenvalue weighted by Gasteiger charge is 2.63. The highest BCUT2D eigenvalue weighted by Crippen LogP contribution is 2.39. The SMILES string of the molecule is C.C.C.C.FCC(F)(OC(F)(F)F)C(F)(F)F.OCCOF. The molecular weight excluding hydrogens is 339 g/mol. The van der Waals surface area contributed by atoms with Gasteiger partial charge in [-0.25, -0.2) is 9.13 Å². The largest absolute Gasteiger partial charge is 0.525 e. The van der Waals surface area contributed by atoms with Crippen LogP contribution in [0.3, 0.4) is 0 Å². The van der Waals surface area contributed by atoms with Crippen LogP contribution < -0.4 is 0 Å². The van der Waals surface area contributed by atoms with Crippen LogP contribution in [0.4, 0.5) is 39.6 Å². The van der Waals surface area contributed by atoms with Crippen LogP contribution in [0, 0.1) is 0 Å². The number of alkyl halides is 8. The molecule has 0 bridgehead atoms. The molecule has 3 nitrogen and oxygen atoms in total. The number of hydrogen-bond acceptors (Lipinski definition) is 3. The van der Waals surface area contributed by atoms with Crippen molar-refractivity contribution >= 4 is 0 Å². The first-order chi connectivity index (χ1) is 7.93. The molecule has 1 unspecified atom stereocenters. The van der Waals surface area contributed by atoms with Gasteiger partial charge in [-0.1, -0.05) is 29.7 Å². The zero-order valence-corrected chi connectivity index (χ0v) is 8.29. The average Bonchev–Trinajstić information content (AvgIpc) is 2.15. The number of ether oxygens (including phenoxy) is 1. The monoisotopic (exact) mass is 362 g/mol. The molecule has 0 fully saturated rings. The van der Waals surface area contributed by atoms with Crippen molar-refractivity contribution in [2.45, 2.75) is 48.1 Å². The molecule has 1 N–H and O–H groups in total. The van der Waals surface area contributed by atoms with E-state index in [0.717, 1.165) is 0 Å². The molecule has 0 aromatic heterocycles. The van der Waals surface area contributed by atoms with E-state index in [1.165, 1.54) is 0 Å². The van der Waals surface area contributed by atoms with E-state index in [4.69, 9.17) is 5.11 Å². The van der Waals surface area contributed by atoms with Gasteiger partial charge in [0.25, 0.3) is 0 Å². The van der Waals surface area contributed by atoms with Gasteiger partial charge in [0.15, 0.2) is 6.67 Å². The van der Waals surface area contributed by atoms with Crippen molar-refractivity contribution < 1.29 is 54.4 Å². The van der Waals surface area contributed by atoms with Crippen molar-refractivity contribution in [2.24, 2.45) is 0 Å². The third-order valence-corrected chi connectivity index (χ3v) is 1.04. The normalized spacial score (nSPS) is 12.8. The Kier molecular flexibility index (Phi) is 25.8. The summed E-state index contributed by atoms with van der Waals surface area (Å²) in [6, 6.07) is 0. The predicted octanol–water partition coefficient (Wildman–Crippen LogP) is 5.14. The lowest BCUT2D eigenvalue weighted by Crippen LogP contribution is -2.48. The van der Waals surface area contributed by atoms with Crippen LogP contribution in [-0.2, 0) is 9.68 Å². The second-order valence-electron chi connectivity index (χ2n) is 2.44. The number of halogens is 9. The Balaban J connectivity index is -0.0000000627. The topological polar surface area (TPSA) is 38.7 Å². The van der Waals surface area contributed by atoms with Crippen LogP contribution in [-0.4, -0.2) is 43.4 Å². The van der Waals surface area contributed by atoms with Gasteiger partial charge in [0.1, 0.15) is 6.61 Å². The Bertz CT molecular complexity index is 219. The number of aliphatic hydroxyl groups excluding tert-OH is 1. The Morgan fingerprint density at radius 1 is 0.818 bits per heavy atom. The van der Waals surface area contributed by atoms with Crippen LogP contribution in [0.25, 0.3) is 0 Å². The maximum absolute atomic E-state index is 12.1. The molecule has 0 aliphatic heterocycles. The van der Waals surface area contributed by atoms with Crippen molar-refractivity contribution in [3.8, 4) is 0 Å². The van der Waals surface area contributed by atoms with E-state index in [1.54, 1.807) is 0 Å². The lowest BCUT2D eigenvalue weighted by atomic mass is 10.3. The average molecular weight is 362 g/mol. The second-order valence-corrected chi connectivity index (χ2v) is 2.44. The summed E-state index contributed by atoms with van der Waals surface area (Å²) in [6.07, 6.45) is -12.0. The third kappa shape index (κ3) is 17.3. The maximum Gasteiger partial charge on any atom is 0.525 e. The molecular formula is C10H23F9O3. The van der Waals surface area contributed by atoms with Gasteiger partial charge in [0.05, 0.1) is 6.61 Å². The molecule has 144 valence electrons. The molecule has 0 saturated heterocycles. The number of hydrogen-bond donors (Lipinski definition) is 1. The van der Waals surface area contributed by atoms with Crippen molar-refractivity contribution in [3.63, 3.8) is 0 Å². The predicted molar refractivity (Wildman–Crippen MR) is 64.1 cm³/mol. The van der Waals surface area contributed by atoms with Crippen LogP contribution in [0.2, 0.25) is 0 Å². The van der Waals surface area contributed by atoms with Crippen LogP contribution in [0.5, 0.6) is 0 Å².